The van der Waals surface area contributed by atoms with E-state index >= 15 is 0 Å². The summed E-state index contributed by atoms with van der Waals surface area (Å²) in [6.07, 6.45) is 1.28. The van der Waals surface area contributed by atoms with E-state index in [1.807, 2.05) is 66.7 Å². The number of para-hydroxylation sites is 1. The molecule has 33 heavy (non-hydrogen) atoms. The van der Waals surface area contributed by atoms with Gasteiger partial charge in [0.1, 0.15) is 11.5 Å². The van der Waals surface area contributed by atoms with E-state index in [4.69, 9.17) is 9.47 Å². The molecular weight excluding hydrogens is 414 g/mol. The normalized spacial score (nSPS) is 15.3. The van der Waals surface area contributed by atoms with E-state index in [0.29, 0.717) is 29.5 Å². The summed E-state index contributed by atoms with van der Waals surface area (Å²) >= 11 is 0. The Morgan fingerprint density at radius 3 is 2.52 bits per heavy atom. The molecule has 0 spiro atoms. The third-order valence-electron chi connectivity index (χ3n) is 6.18. The third-order valence-corrected chi connectivity index (χ3v) is 6.18. The quantitative estimate of drug-likeness (QED) is 0.356. The van der Waals surface area contributed by atoms with Gasteiger partial charge in [-0.15, -0.1) is 0 Å². The van der Waals surface area contributed by atoms with Gasteiger partial charge in [0.15, 0.2) is 5.78 Å². The average Bonchev–Trinajstić information content (AvgIpc) is 3.13. The molecule has 0 amide bonds. The molecular formula is C28H25NO4. The summed E-state index contributed by atoms with van der Waals surface area (Å²) < 4.78 is 13.2. The Morgan fingerprint density at radius 2 is 1.73 bits per heavy atom. The van der Waals surface area contributed by atoms with Gasteiger partial charge >= 0.3 is 5.97 Å². The minimum absolute atomic E-state index is 0.0880. The van der Waals surface area contributed by atoms with E-state index in [1.54, 1.807) is 6.07 Å². The number of hydrogen-bond donors (Lipinski definition) is 0. The smallest absolute Gasteiger partial charge is 0.338 e. The molecule has 1 atom stereocenters. The topological polar surface area (TPSA) is 57.5 Å². The second-order valence-corrected chi connectivity index (χ2v) is 8.60. The Hall–Kier alpha value is -3.86. The number of rotatable bonds is 5. The van der Waals surface area contributed by atoms with Crippen LogP contribution in [0.4, 0.5) is 0 Å². The van der Waals surface area contributed by atoms with Gasteiger partial charge in [-0.3, -0.25) is 4.79 Å². The second-order valence-electron chi connectivity index (χ2n) is 8.60. The van der Waals surface area contributed by atoms with Crippen molar-refractivity contribution in [1.29, 1.82) is 0 Å². The van der Waals surface area contributed by atoms with E-state index in [1.165, 1.54) is 7.11 Å². The number of nitrogens with zero attached hydrogens (tertiary/aromatic N) is 1. The Balaban J connectivity index is 1.61. The lowest BCUT2D eigenvalue weighted by atomic mass is 9.86. The van der Waals surface area contributed by atoms with Crippen LogP contribution in [0.1, 0.15) is 45.3 Å². The number of ether oxygens (including phenoxy) is 2. The predicted octanol–water partition coefficient (Wildman–Crippen LogP) is 6.03. The molecule has 0 saturated carbocycles. The zero-order chi connectivity index (χ0) is 22.9. The lowest BCUT2D eigenvalue weighted by Crippen LogP contribution is -2.20. The van der Waals surface area contributed by atoms with Crippen molar-refractivity contribution in [1.82, 2.24) is 4.57 Å². The minimum atomic E-state index is -0.426. The van der Waals surface area contributed by atoms with Gasteiger partial charge in [0, 0.05) is 29.6 Å². The summed E-state index contributed by atoms with van der Waals surface area (Å²) in [6.45, 7) is 2.67. The number of benzene rings is 3. The largest absolute Gasteiger partial charge is 0.465 e. The molecule has 0 radical (unpaired) electrons. The highest BCUT2D eigenvalue weighted by atomic mass is 16.5. The first-order valence-electron chi connectivity index (χ1n) is 11.1. The number of esters is 1. The lowest BCUT2D eigenvalue weighted by molar-refractivity contribution is 0.0603. The maximum atomic E-state index is 13.1. The number of carbonyl (C=O) groups excluding carboxylic acids is 2. The van der Waals surface area contributed by atoms with E-state index < -0.39 is 5.97 Å². The van der Waals surface area contributed by atoms with Crippen LogP contribution in [-0.4, -0.2) is 23.4 Å². The number of carbonyl (C=O) groups is 2. The van der Waals surface area contributed by atoms with Gasteiger partial charge in [0.2, 0.25) is 0 Å². The minimum Gasteiger partial charge on any atom is -0.465 e. The first-order chi connectivity index (χ1) is 16.0. The highest BCUT2D eigenvalue weighted by Crippen LogP contribution is 2.37. The lowest BCUT2D eigenvalue weighted by Gasteiger charge is -2.20. The van der Waals surface area contributed by atoms with Gasteiger partial charge in [-0.25, -0.2) is 4.79 Å². The Bertz CT molecular complexity index is 1350. The highest BCUT2D eigenvalue weighted by Gasteiger charge is 2.31. The molecule has 1 aliphatic rings. The van der Waals surface area contributed by atoms with Gasteiger partial charge < -0.3 is 14.0 Å². The van der Waals surface area contributed by atoms with Gasteiger partial charge in [0.25, 0.3) is 0 Å². The van der Waals surface area contributed by atoms with Crippen molar-refractivity contribution in [3.05, 3.63) is 95.2 Å². The van der Waals surface area contributed by atoms with E-state index in [-0.39, 0.29) is 11.7 Å². The monoisotopic (exact) mass is 439 g/mol. The van der Waals surface area contributed by atoms with Gasteiger partial charge in [-0.05, 0) is 54.3 Å². The fraction of sp³-hybridized carbons (Fsp3) is 0.214. The summed E-state index contributed by atoms with van der Waals surface area (Å²) in [7, 11) is 1.37. The molecule has 0 saturated heterocycles. The molecule has 0 N–H and O–H groups in total. The predicted molar refractivity (Wildman–Crippen MR) is 127 cm³/mol. The molecule has 1 aromatic heterocycles. The third kappa shape index (κ3) is 3.91. The van der Waals surface area contributed by atoms with Crippen molar-refractivity contribution in [2.75, 3.05) is 7.11 Å². The zero-order valence-corrected chi connectivity index (χ0v) is 18.7. The maximum absolute atomic E-state index is 13.1. The van der Waals surface area contributed by atoms with Crippen LogP contribution in [0.3, 0.4) is 0 Å². The molecule has 5 nitrogen and oxygen atoms in total. The van der Waals surface area contributed by atoms with Crippen LogP contribution in [0.2, 0.25) is 0 Å². The molecule has 5 rings (SSSR count). The van der Waals surface area contributed by atoms with Crippen LogP contribution in [-0.2, 0) is 17.7 Å². The molecule has 0 bridgehead atoms. The van der Waals surface area contributed by atoms with E-state index in [0.717, 1.165) is 34.7 Å². The maximum Gasteiger partial charge on any atom is 0.338 e. The number of aromatic nitrogens is 1. The number of methoxy groups -OCH3 is 1. The fourth-order valence-corrected chi connectivity index (χ4v) is 4.76. The second kappa shape index (κ2) is 8.58. The number of Topliss-reactive ketones (excluding diaryl/α,β-unsaturated/α-hetero) is 1. The van der Waals surface area contributed by atoms with Crippen molar-refractivity contribution in [2.24, 2.45) is 5.92 Å². The van der Waals surface area contributed by atoms with E-state index in [2.05, 4.69) is 11.5 Å². The SMILES string of the molecule is COC(=O)c1cccc2c1c1c(n2Cc2cccc(Oc3ccccc3)c2)CC(C)CC1=O. The number of ketones is 1. The van der Waals surface area contributed by atoms with Crippen molar-refractivity contribution < 1.29 is 19.1 Å². The molecule has 166 valence electrons. The van der Waals surface area contributed by atoms with Crippen LogP contribution in [0.5, 0.6) is 11.5 Å². The Morgan fingerprint density at radius 1 is 0.970 bits per heavy atom. The molecule has 3 aromatic carbocycles. The average molecular weight is 440 g/mol. The first-order valence-corrected chi connectivity index (χ1v) is 11.1. The number of hydrogen-bond acceptors (Lipinski definition) is 4. The van der Waals surface area contributed by atoms with E-state index in [9.17, 15) is 9.59 Å². The van der Waals surface area contributed by atoms with Crippen LogP contribution in [0.15, 0.2) is 72.8 Å². The molecule has 1 aliphatic carbocycles. The fourth-order valence-electron chi connectivity index (χ4n) is 4.76. The van der Waals surface area contributed by atoms with Crippen molar-refractivity contribution >= 4 is 22.7 Å². The molecule has 1 unspecified atom stereocenters. The Kier molecular flexibility index (Phi) is 5.47. The van der Waals surface area contributed by atoms with Gasteiger partial charge in [-0.1, -0.05) is 43.3 Å². The zero-order valence-electron chi connectivity index (χ0n) is 18.7. The van der Waals surface area contributed by atoms with Gasteiger partial charge in [-0.2, -0.15) is 0 Å². The van der Waals surface area contributed by atoms with Crippen molar-refractivity contribution in [3.8, 4) is 11.5 Å². The van der Waals surface area contributed by atoms with Crippen molar-refractivity contribution in [3.63, 3.8) is 0 Å². The van der Waals surface area contributed by atoms with Crippen LogP contribution in [0, 0.1) is 5.92 Å². The van der Waals surface area contributed by atoms with Gasteiger partial charge in [0.05, 0.1) is 18.2 Å². The summed E-state index contributed by atoms with van der Waals surface area (Å²) in [4.78, 5) is 25.6. The molecule has 0 aliphatic heterocycles. The highest BCUT2D eigenvalue weighted by molar-refractivity contribution is 6.16. The van der Waals surface area contributed by atoms with Crippen LogP contribution < -0.4 is 4.74 Å². The number of fused-ring (bicyclic) bond motifs is 3. The summed E-state index contributed by atoms with van der Waals surface area (Å²) in [5.74, 6) is 1.45. The van der Waals surface area contributed by atoms with Crippen LogP contribution >= 0.6 is 0 Å². The van der Waals surface area contributed by atoms with Crippen molar-refractivity contribution in [2.45, 2.75) is 26.3 Å². The molecule has 5 heteroatoms. The molecule has 4 aromatic rings. The van der Waals surface area contributed by atoms with Crippen LogP contribution in [0.25, 0.3) is 10.9 Å². The molecule has 0 fully saturated rings. The molecule has 1 heterocycles. The summed E-state index contributed by atoms with van der Waals surface area (Å²) in [6, 6.07) is 23.2. The first kappa shape index (κ1) is 21.0. The Labute approximate surface area is 192 Å². The standard InChI is InChI=1S/C28H25NO4/c1-18-14-24-27(25(30)15-18)26-22(28(31)32-2)12-7-13-23(26)29(24)17-19-8-6-11-21(16-19)33-20-9-4-3-5-10-20/h3-13,16,18H,14-15,17H2,1-2H3. The summed E-state index contributed by atoms with van der Waals surface area (Å²) in [5.41, 5.74) is 4.02. The summed E-state index contributed by atoms with van der Waals surface area (Å²) in [5, 5.41) is 0.702.